The molecule has 0 aliphatic heterocycles. The fourth-order valence-electron chi connectivity index (χ4n) is 1.55. The van der Waals surface area contributed by atoms with Gasteiger partial charge in [0.25, 0.3) is 0 Å². The summed E-state index contributed by atoms with van der Waals surface area (Å²) >= 11 is 0. The van der Waals surface area contributed by atoms with Gasteiger partial charge in [0.2, 0.25) is 5.91 Å². The van der Waals surface area contributed by atoms with Crippen LogP contribution < -0.4 is 15.8 Å². The van der Waals surface area contributed by atoms with E-state index >= 15 is 0 Å². The highest BCUT2D eigenvalue weighted by Gasteiger charge is 2.14. The molecular formula is C14H22N2O2. The summed E-state index contributed by atoms with van der Waals surface area (Å²) in [5.74, 6) is 0.871. The molecule has 1 unspecified atom stereocenters. The van der Waals surface area contributed by atoms with Gasteiger partial charge in [-0.05, 0) is 30.5 Å². The average molecular weight is 250 g/mol. The van der Waals surface area contributed by atoms with Crippen molar-refractivity contribution in [2.45, 2.75) is 33.2 Å². The fraction of sp³-hybridized carbons (Fsp3) is 0.500. The van der Waals surface area contributed by atoms with Crippen molar-refractivity contribution in [1.82, 2.24) is 0 Å². The van der Waals surface area contributed by atoms with Crippen LogP contribution in [0.15, 0.2) is 18.2 Å². The second-order valence-electron chi connectivity index (χ2n) is 4.86. The first-order valence-corrected chi connectivity index (χ1v) is 6.14. The zero-order valence-corrected chi connectivity index (χ0v) is 11.5. The van der Waals surface area contributed by atoms with E-state index in [9.17, 15) is 4.79 Å². The van der Waals surface area contributed by atoms with Crippen molar-refractivity contribution in [3.05, 3.63) is 23.8 Å². The summed E-state index contributed by atoms with van der Waals surface area (Å²) in [7, 11) is 1.59. The molecule has 0 heterocycles. The lowest BCUT2D eigenvalue weighted by Crippen LogP contribution is -2.31. The Morgan fingerprint density at radius 2 is 2.11 bits per heavy atom. The number of carbonyl (C=O) groups is 1. The van der Waals surface area contributed by atoms with E-state index in [1.54, 1.807) is 7.11 Å². The number of amides is 1. The number of methoxy groups -OCH3 is 1. The summed E-state index contributed by atoms with van der Waals surface area (Å²) in [5, 5.41) is 2.83. The van der Waals surface area contributed by atoms with E-state index in [1.165, 1.54) is 0 Å². The lowest BCUT2D eigenvalue weighted by atomic mass is 10.0. The van der Waals surface area contributed by atoms with E-state index in [1.807, 2.05) is 39.0 Å². The standard InChI is InChI=1S/C14H22N2O2/c1-9(2)11(15)8-14(17)16-12-6-5-10(3)7-13(12)18-4/h5-7,9,11H,8,15H2,1-4H3,(H,16,17). The van der Waals surface area contributed by atoms with Crippen molar-refractivity contribution in [3.63, 3.8) is 0 Å². The Kier molecular flexibility index (Phi) is 5.16. The summed E-state index contributed by atoms with van der Waals surface area (Å²) in [6.07, 6.45) is 0.314. The number of carbonyl (C=O) groups excluding carboxylic acids is 1. The van der Waals surface area contributed by atoms with Gasteiger partial charge in [0.1, 0.15) is 5.75 Å². The van der Waals surface area contributed by atoms with E-state index in [2.05, 4.69) is 5.32 Å². The Bertz CT molecular complexity index is 416. The number of nitrogens with two attached hydrogens (primary N) is 1. The van der Waals surface area contributed by atoms with Gasteiger partial charge in [-0.1, -0.05) is 19.9 Å². The van der Waals surface area contributed by atoms with Crippen LogP contribution in [0.1, 0.15) is 25.8 Å². The Hall–Kier alpha value is -1.55. The lowest BCUT2D eigenvalue weighted by Gasteiger charge is -2.16. The summed E-state index contributed by atoms with van der Waals surface area (Å²) < 4.78 is 5.23. The van der Waals surface area contributed by atoms with Crippen molar-refractivity contribution in [2.75, 3.05) is 12.4 Å². The van der Waals surface area contributed by atoms with Gasteiger partial charge in [-0.2, -0.15) is 0 Å². The molecule has 1 rings (SSSR count). The number of hydrogen-bond donors (Lipinski definition) is 2. The van der Waals surface area contributed by atoms with Gasteiger partial charge in [-0.15, -0.1) is 0 Å². The van der Waals surface area contributed by atoms with Crippen LogP contribution in [0.2, 0.25) is 0 Å². The molecular weight excluding hydrogens is 228 g/mol. The third-order valence-electron chi connectivity index (χ3n) is 2.91. The van der Waals surface area contributed by atoms with Gasteiger partial charge in [0, 0.05) is 12.5 Å². The zero-order valence-electron chi connectivity index (χ0n) is 11.5. The molecule has 1 aromatic carbocycles. The molecule has 0 aromatic heterocycles. The predicted molar refractivity (Wildman–Crippen MR) is 73.8 cm³/mol. The summed E-state index contributed by atoms with van der Waals surface area (Å²) in [6.45, 7) is 5.98. The quantitative estimate of drug-likeness (QED) is 0.843. The first-order valence-electron chi connectivity index (χ1n) is 6.14. The molecule has 0 fully saturated rings. The lowest BCUT2D eigenvalue weighted by molar-refractivity contribution is -0.116. The maximum atomic E-state index is 11.8. The van der Waals surface area contributed by atoms with Gasteiger partial charge < -0.3 is 15.8 Å². The highest BCUT2D eigenvalue weighted by Crippen LogP contribution is 2.25. The van der Waals surface area contributed by atoms with E-state index in [-0.39, 0.29) is 17.9 Å². The molecule has 3 N–H and O–H groups in total. The first kappa shape index (κ1) is 14.5. The number of ether oxygens (including phenoxy) is 1. The number of anilines is 1. The summed E-state index contributed by atoms with van der Waals surface area (Å²) in [6, 6.07) is 5.53. The van der Waals surface area contributed by atoms with Crippen LogP contribution in [0, 0.1) is 12.8 Å². The van der Waals surface area contributed by atoms with Crippen LogP contribution >= 0.6 is 0 Å². The topological polar surface area (TPSA) is 64.3 Å². The van der Waals surface area contributed by atoms with Gasteiger partial charge in [-0.3, -0.25) is 4.79 Å². The van der Waals surface area contributed by atoms with Gasteiger partial charge >= 0.3 is 0 Å². The van der Waals surface area contributed by atoms with Crippen LogP contribution in [-0.4, -0.2) is 19.1 Å². The molecule has 0 aliphatic carbocycles. The van der Waals surface area contributed by atoms with Gasteiger partial charge in [-0.25, -0.2) is 0 Å². The van der Waals surface area contributed by atoms with Crippen LogP contribution in [0.3, 0.4) is 0 Å². The molecule has 0 bridgehead atoms. The number of nitrogens with one attached hydrogen (secondary N) is 1. The third kappa shape index (κ3) is 4.04. The van der Waals surface area contributed by atoms with Crippen LogP contribution in [0.4, 0.5) is 5.69 Å². The second kappa shape index (κ2) is 6.40. The van der Waals surface area contributed by atoms with Gasteiger partial charge in [0.05, 0.1) is 12.8 Å². The molecule has 18 heavy (non-hydrogen) atoms. The molecule has 0 radical (unpaired) electrons. The molecule has 1 amide bonds. The molecule has 4 nitrogen and oxygen atoms in total. The highest BCUT2D eigenvalue weighted by molar-refractivity contribution is 5.92. The van der Waals surface area contributed by atoms with Crippen molar-refractivity contribution in [1.29, 1.82) is 0 Å². The average Bonchev–Trinajstić information content (AvgIpc) is 2.31. The van der Waals surface area contributed by atoms with Gasteiger partial charge in [0.15, 0.2) is 0 Å². The fourth-order valence-corrected chi connectivity index (χ4v) is 1.55. The predicted octanol–water partition coefficient (Wildman–Crippen LogP) is 2.32. The van der Waals surface area contributed by atoms with Crippen molar-refractivity contribution >= 4 is 11.6 Å². The Morgan fingerprint density at radius 1 is 1.44 bits per heavy atom. The summed E-state index contributed by atoms with van der Waals surface area (Å²) in [4.78, 5) is 11.8. The number of rotatable bonds is 5. The molecule has 1 aromatic rings. The molecule has 0 saturated heterocycles. The highest BCUT2D eigenvalue weighted by atomic mass is 16.5. The van der Waals surface area contributed by atoms with Crippen LogP contribution in [0.5, 0.6) is 5.75 Å². The normalized spacial score (nSPS) is 12.3. The molecule has 0 saturated carbocycles. The minimum atomic E-state index is -0.124. The number of aryl methyl sites for hydroxylation is 1. The largest absolute Gasteiger partial charge is 0.495 e. The zero-order chi connectivity index (χ0) is 13.7. The smallest absolute Gasteiger partial charge is 0.226 e. The molecule has 100 valence electrons. The minimum Gasteiger partial charge on any atom is -0.495 e. The van der Waals surface area contributed by atoms with E-state index < -0.39 is 0 Å². The number of benzene rings is 1. The number of hydrogen-bond acceptors (Lipinski definition) is 3. The Morgan fingerprint density at radius 3 is 2.67 bits per heavy atom. The van der Waals surface area contributed by atoms with Crippen LogP contribution in [-0.2, 0) is 4.79 Å². The van der Waals surface area contributed by atoms with Crippen molar-refractivity contribution in [2.24, 2.45) is 11.7 Å². The van der Waals surface area contributed by atoms with E-state index in [0.717, 1.165) is 5.56 Å². The van der Waals surface area contributed by atoms with Crippen molar-refractivity contribution in [3.8, 4) is 5.75 Å². The van der Waals surface area contributed by atoms with Crippen LogP contribution in [0.25, 0.3) is 0 Å². The molecule has 0 spiro atoms. The first-order chi connectivity index (χ1) is 8.43. The Labute approximate surface area is 109 Å². The monoisotopic (exact) mass is 250 g/mol. The third-order valence-corrected chi connectivity index (χ3v) is 2.91. The maximum absolute atomic E-state index is 11.8. The second-order valence-corrected chi connectivity index (χ2v) is 4.86. The molecule has 0 aliphatic rings. The minimum absolute atomic E-state index is 0.0849. The van der Waals surface area contributed by atoms with Crippen molar-refractivity contribution < 1.29 is 9.53 Å². The molecule has 4 heteroatoms. The maximum Gasteiger partial charge on any atom is 0.226 e. The SMILES string of the molecule is COc1cc(C)ccc1NC(=O)CC(N)C(C)C. The molecule has 1 atom stereocenters. The van der Waals surface area contributed by atoms with E-state index in [4.69, 9.17) is 10.5 Å². The summed E-state index contributed by atoms with van der Waals surface area (Å²) in [5.41, 5.74) is 7.64. The Balaban J connectivity index is 2.70. The van der Waals surface area contributed by atoms with E-state index in [0.29, 0.717) is 17.9 Å².